The van der Waals surface area contributed by atoms with Crippen LogP contribution in [0.2, 0.25) is 0 Å². The van der Waals surface area contributed by atoms with Crippen LogP contribution in [0.15, 0.2) is 24.3 Å². The molecule has 4 nitrogen and oxygen atoms in total. The van der Waals surface area contributed by atoms with Crippen molar-refractivity contribution in [1.82, 2.24) is 5.01 Å². The summed E-state index contributed by atoms with van der Waals surface area (Å²) in [6.45, 7) is 6.12. The van der Waals surface area contributed by atoms with Crippen LogP contribution in [0.1, 0.15) is 27.2 Å². The van der Waals surface area contributed by atoms with Gasteiger partial charge in [0, 0.05) is 11.7 Å². The molecule has 0 radical (unpaired) electrons. The van der Waals surface area contributed by atoms with Gasteiger partial charge in [-0.25, -0.2) is 0 Å². The maximum absolute atomic E-state index is 11.9. The van der Waals surface area contributed by atoms with Crippen LogP contribution in [0, 0.1) is 0 Å². The Hall–Kier alpha value is -1.71. The molecule has 0 aliphatic carbocycles. The van der Waals surface area contributed by atoms with Crippen molar-refractivity contribution in [2.45, 2.75) is 39.3 Å². The second-order valence-corrected chi connectivity index (χ2v) is 4.82. The molecule has 0 saturated carbocycles. The van der Waals surface area contributed by atoms with E-state index in [1.54, 1.807) is 0 Å². The number of benzene rings is 1. The van der Waals surface area contributed by atoms with Crippen LogP contribution in [0.5, 0.6) is 0 Å². The van der Waals surface area contributed by atoms with Crippen molar-refractivity contribution < 1.29 is 4.79 Å². The standard InChI is InChI=1S/C13H19N3O/c1-9(2)15-13(17)8-10(3)16(15)12-6-4-11(14)5-7-12/h4-7,9-10H,8,14H2,1-3H3. The van der Waals surface area contributed by atoms with Crippen LogP contribution in [0.3, 0.4) is 0 Å². The Bertz CT molecular complexity index is 413. The van der Waals surface area contributed by atoms with Gasteiger partial charge in [-0.1, -0.05) is 0 Å². The first-order valence-corrected chi connectivity index (χ1v) is 5.97. The molecule has 1 aromatic carbocycles. The minimum atomic E-state index is 0.171. The second kappa shape index (κ2) is 4.28. The van der Waals surface area contributed by atoms with E-state index in [1.807, 2.05) is 43.1 Å². The Kier molecular flexibility index (Phi) is 2.96. The van der Waals surface area contributed by atoms with Crippen molar-refractivity contribution in [2.75, 3.05) is 10.7 Å². The summed E-state index contributed by atoms with van der Waals surface area (Å²) in [6, 6.07) is 8.02. The van der Waals surface area contributed by atoms with Crippen LogP contribution in [-0.2, 0) is 4.79 Å². The predicted octanol–water partition coefficient (Wildman–Crippen LogP) is 2.02. The van der Waals surface area contributed by atoms with Crippen molar-refractivity contribution in [3.63, 3.8) is 0 Å². The lowest BCUT2D eigenvalue weighted by atomic mass is 10.2. The number of amides is 1. The smallest absolute Gasteiger partial charge is 0.243 e. The van der Waals surface area contributed by atoms with Gasteiger partial charge < -0.3 is 5.73 Å². The molecule has 1 heterocycles. The highest BCUT2D eigenvalue weighted by Gasteiger charge is 2.36. The third-order valence-corrected chi connectivity index (χ3v) is 3.02. The van der Waals surface area contributed by atoms with Gasteiger partial charge in [-0.05, 0) is 45.0 Å². The summed E-state index contributed by atoms with van der Waals surface area (Å²) in [7, 11) is 0. The van der Waals surface area contributed by atoms with Crippen LogP contribution in [-0.4, -0.2) is 23.0 Å². The van der Waals surface area contributed by atoms with Gasteiger partial charge in [-0.3, -0.25) is 14.8 Å². The van der Waals surface area contributed by atoms with E-state index < -0.39 is 0 Å². The van der Waals surface area contributed by atoms with E-state index in [2.05, 4.69) is 11.9 Å². The van der Waals surface area contributed by atoms with Crippen LogP contribution >= 0.6 is 0 Å². The molecular formula is C13H19N3O. The summed E-state index contributed by atoms with van der Waals surface area (Å²) in [6.07, 6.45) is 0.572. The van der Waals surface area contributed by atoms with E-state index in [4.69, 9.17) is 5.73 Å². The first kappa shape index (κ1) is 11.8. The third-order valence-electron chi connectivity index (χ3n) is 3.02. The van der Waals surface area contributed by atoms with Gasteiger partial charge in [-0.2, -0.15) is 0 Å². The molecule has 0 spiro atoms. The van der Waals surface area contributed by atoms with E-state index in [9.17, 15) is 4.79 Å². The number of nitrogen functional groups attached to an aromatic ring is 1. The van der Waals surface area contributed by atoms with Gasteiger partial charge in [0.15, 0.2) is 0 Å². The largest absolute Gasteiger partial charge is 0.399 e. The molecule has 1 amide bonds. The van der Waals surface area contributed by atoms with E-state index >= 15 is 0 Å². The maximum atomic E-state index is 11.9. The molecule has 1 aromatic rings. The highest BCUT2D eigenvalue weighted by atomic mass is 16.2. The third kappa shape index (κ3) is 2.07. The van der Waals surface area contributed by atoms with Gasteiger partial charge in [0.1, 0.15) is 0 Å². The van der Waals surface area contributed by atoms with E-state index in [0.717, 1.165) is 11.4 Å². The normalized spacial score (nSPS) is 20.5. The second-order valence-electron chi connectivity index (χ2n) is 4.82. The number of nitrogens with two attached hydrogens (primary N) is 1. The molecule has 17 heavy (non-hydrogen) atoms. The summed E-state index contributed by atoms with van der Waals surface area (Å²) in [5.41, 5.74) is 7.44. The quantitative estimate of drug-likeness (QED) is 0.795. The van der Waals surface area contributed by atoms with Gasteiger partial charge in [-0.15, -0.1) is 0 Å². The molecule has 1 aliphatic heterocycles. The molecule has 2 rings (SSSR count). The monoisotopic (exact) mass is 233 g/mol. The number of carbonyl (C=O) groups is 1. The van der Waals surface area contributed by atoms with Crippen LogP contribution < -0.4 is 10.7 Å². The van der Waals surface area contributed by atoms with E-state index in [-0.39, 0.29) is 18.0 Å². The molecule has 2 N–H and O–H groups in total. The zero-order chi connectivity index (χ0) is 12.6. The highest BCUT2D eigenvalue weighted by molar-refractivity contribution is 5.83. The van der Waals surface area contributed by atoms with Crippen molar-refractivity contribution >= 4 is 17.3 Å². The number of nitrogens with zero attached hydrogens (tertiary/aromatic N) is 2. The molecule has 0 bridgehead atoms. The lowest BCUT2D eigenvalue weighted by Crippen LogP contribution is -2.46. The summed E-state index contributed by atoms with van der Waals surface area (Å²) in [5, 5.41) is 3.89. The SMILES string of the molecule is CC(C)N1C(=O)CC(C)N1c1ccc(N)cc1. The fourth-order valence-corrected chi connectivity index (χ4v) is 2.31. The molecular weight excluding hydrogens is 214 g/mol. The minimum absolute atomic E-state index is 0.171. The van der Waals surface area contributed by atoms with Gasteiger partial charge in [0.25, 0.3) is 0 Å². The number of rotatable bonds is 2. The Morgan fingerprint density at radius 1 is 1.29 bits per heavy atom. The lowest BCUT2D eigenvalue weighted by Gasteiger charge is -2.35. The van der Waals surface area contributed by atoms with E-state index in [0.29, 0.717) is 6.42 Å². The number of hydrogen-bond donors (Lipinski definition) is 1. The van der Waals surface area contributed by atoms with Gasteiger partial charge in [0.2, 0.25) is 5.91 Å². The number of hydrogen-bond acceptors (Lipinski definition) is 3. The Morgan fingerprint density at radius 3 is 2.41 bits per heavy atom. The topological polar surface area (TPSA) is 49.6 Å². The lowest BCUT2D eigenvalue weighted by molar-refractivity contribution is -0.129. The van der Waals surface area contributed by atoms with Crippen molar-refractivity contribution in [2.24, 2.45) is 0 Å². The maximum Gasteiger partial charge on any atom is 0.243 e. The summed E-state index contributed by atoms with van der Waals surface area (Å²) in [4.78, 5) is 11.9. The first-order chi connectivity index (χ1) is 8.00. The highest BCUT2D eigenvalue weighted by Crippen LogP contribution is 2.29. The summed E-state index contributed by atoms with van der Waals surface area (Å²) < 4.78 is 0. The number of hydrazine groups is 1. The van der Waals surface area contributed by atoms with Crippen molar-refractivity contribution in [1.29, 1.82) is 0 Å². The molecule has 0 aromatic heterocycles. The van der Waals surface area contributed by atoms with Crippen LogP contribution in [0.4, 0.5) is 11.4 Å². The number of anilines is 2. The van der Waals surface area contributed by atoms with Crippen LogP contribution in [0.25, 0.3) is 0 Å². The predicted molar refractivity (Wildman–Crippen MR) is 69.4 cm³/mol. The molecule has 1 unspecified atom stereocenters. The van der Waals surface area contributed by atoms with E-state index in [1.165, 1.54) is 0 Å². The molecule has 92 valence electrons. The molecule has 1 saturated heterocycles. The molecule has 4 heteroatoms. The fourth-order valence-electron chi connectivity index (χ4n) is 2.31. The van der Waals surface area contributed by atoms with Crippen molar-refractivity contribution in [3.05, 3.63) is 24.3 Å². The average Bonchev–Trinajstić information content (AvgIpc) is 2.55. The molecule has 1 fully saturated rings. The average molecular weight is 233 g/mol. The van der Waals surface area contributed by atoms with Crippen molar-refractivity contribution in [3.8, 4) is 0 Å². The zero-order valence-corrected chi connectivity index (χ0v) is 10.6. The molecule has 1 aliphatic rings. The zero-order valence-electron chi connectivity index (χ0n) is 10.6. The number of carbonyl (C=O) groups excluding carboxylic acids is 1. The Labute approximate surface area is 102 Å². The first-order valence-electron chi connectivity index (χ1n) is 5.97. The van der Waals surface area contributed by atoms with Gasteiger partial charge >= 0.3 is 0 Å². The minimum Gasteiger partial charge on any atom is -0.399 e. The summed E-state index contributed by atoms with van der Waals surface area (Å²) in [5.74, 6) is 0.185. The molecule has 1 atom stereocenters. The fraction of sp³-hybridized carbons (Fsp3) is 0.462. The van der Waals surface area contributed by atoms with Gasteiger partial charge in [0.05, 0.1) is 18.2 Å². The Balaban J connectivity index is 2.34. The Morgan fingerprint density at radius 2 is 1.88 bits per heavy atom. The summed E-state index contributed by atoms with van der Waals surface area (Å²) >= 11 is 0.